The van der Waals surface area contributed by atoms with Crippen molar-refractivity contribution in [1.29, 1.82) is 5.26 Å². The van der Waals surface area contributed by atoms with E-state index in [1.165, 1.54) is 11.8 Å². The lowest BCUT2D eigenvalue weighted by molar-refractivity contribution is 0.0951. The van der Waals surface area contributed by atoms with Crippen LogP contribution in [0.2, 0.25) is 0 Å². The quantitative estimate of drug-likeness (QED) is 0.643. The number of carbonyl (C=O) groups is 1. The molecule has 0 saturated heterocycles. The molecule has 1 heterocycles. The van der Waals surface area contributed by atoms with Gasteiger partial charge in [-0.2, -0.15) is 5.26 Å². The van der Waals surface area contributed by atoms with E-state index in [1.807, 2.05) is 54.6 Å². The van der Waals surface area contributed by atoms with Crippen LogP contribution in [0.3, 0.4) is 0 Å². The van der Waals surface area contributed by atoms with Crippen LogP contribution in [0.1, 0.15) is 21.5 Å². The lowest BCUT2D eigenvalue weighted by atomic mass is 10.1. The van der Waals surface area contributed by atoms with Crippen molar-refractivity contribution in [3.8, 4) is 17.6 Å². The first-order chi connectivity index (χ1) is 14.7. The largest absolute Gasteiger partial charge is 0.486 e. The maximum atomic E-state index is 12.8. The number of nitrogens with one attached hydrogen (secondary N) is 1. The fourth-order valence-electron chi connectivity index (χ4n) is 3.17. The summed E-state index contributed by atoms with van der Waals surface area (Å²) in [5.41, 5.74) is 2.26. The van der Waals surface area contributed by atoms with Gasteiger partial charge in [0.1, 0.15) is 19.3 Å². The molecule has 3 aromatic rings. The summed E-state index contributed by atoms with van der Waals surface area (Å²) in [7, 11) is 0. The number of hydrogen-bond donors (Lipinski definition) is 1. The standard InChI is InChI=1S/C24H20N2O3S/c25-16-18-5-1-3-7-22(18)30-23-8-4-2-6-19(23)24(27)26-12-11-17-9-10-20-21(15-17)29-14-13-28-20/h1-10,15H,11-14H2,(H,26,27). The van der Waals surface area contributed by atoms with Crippen molar-refractivity contribution in [3.63, 3.8) is 0 Å². The van der Waals surface area contributed by atoms with E-state index < -0.39 is 0 Å². The van der Waals surface area contributed by atoms with Crippen LogP contribution < -0.4 is 14.8 Å². The second kappa shape index (κ2) is 9.38. The highest BCUT2D eigenvalue weighted by Crippen LogP contribution is 2.33. The van der Waals surface area contributed by atoms with Gasteiger partial charge in [0.2, 0.25) is 0 Å². The minimum Gasteiger partial charge on any atom is -0.486 e. The predicted molar refractivity (Wildman–Crippen MR) is 115 cm³/mol. The first-order valence-corrected chi connectivity index (χ1v) is 10.5. The molecule has 0 fully saturated rings. The fourth-order valence-corrected chi connectivity index (χ4v) is 4.19. The van der Waals surface area contributed by atoms with Crippen molar-refractivity contribution in [2.24, 2.45) is 0 Å². The van der Waals surface area contributed by atoms with Crippen LogP contribution in [0.15, 0.2) is 76.5 Å². The predicted octanol–water partition coefficient (Wildman–Crippen LogP) is 4.45. The summed E-state index contributed by atoms with van der Waals surface area (Å²) in [5.74, 6) is 1.38. The van der Waals surface area contributed by atoms with E-state index in [9.17, 15) is 10.1 Å². The molecule has 0 unspecified atom stereocenters. The summed E-state index contributed by atoms with van der Waals surface area (Å²) < 4.78 is 11.2. The summed E-state index contributed by atoms with van der Waals surface area (Å²) in [6.07, 6.45) is 0.689. The molecule has 0 aromatic heterocycles. The minimum atomic E-state index is -0.134. The zero-order valence-corrected chi connectivity index (χ0v) is 17.1. The number of nitrogens with zero attached hydrogens (tertiary/aromatic N) is 1. The summed E-state index contributed by atoms with van der Waals surface area (Å²) in [5, 5.41) is 12.3. The highest BCUT2D eigenvalue weighted by Gasteiger charge is 2.14. The molecule has 1 N–H and O–H groups in total. The Morgan fingerprint density at radius 2 is 1.70 bits per heavy atom. The van der Waals surface area contributed by atoms with Crippen LogP contribution >= 0.6 is 11.8 Å². The van der Waals surface area contributed by atoms with Gasteiger partial charge in [-0.05, 0) is 48.4 Å². The van der Waals surface area contributed by atoms with E-state index in [0.29, 0.717) is 37.3 Å². The van der Waals surface area contributed by atoms with E-state index in [1.54, 1.807) is 12.1 Å². The second-order valence-corrected chi connectivity index (χ2v) is 7.77. The molecule has 0 spiro atoms. The summed E-state index contributed by atoms with van der Waals surface area (Å²) in [4.78, 5) is 14.4. The van der Waals surface area contributed by atoms with Gasteiger partial charge in [-0.1, -0.05) is 42.1 Å². The molecule has 1 aliphatic rings. The third-order valence-corrected chi connectivity index (χ3v) is 5.82. The molecule has 150 valence electrons. The van der Waals surface area contributed by atoms with Crippen molar-refractivity contribution < 1.29 is 14.3 Å². The molecule has 30 heavy (non-hydrogen) atoms. The molecule has 1 amide bonds. The Morgan fingerprint density at radius 3 is 2.53 bits per heavy atom. The molecule has 0 bridgehead atoms. The van der Waals surface area contributed by atoms with Crippen LogP contribution in [0.25, 0.3) is 0 Å². The average molecular weight is 417 g/mol. The average Bonchev–Trinajstić information content (AvgIpc) is 2.79. The maximum absolute atomic E-state index is 12.8. The third kappa shape index (κ3) is 4.58. The lowest BCUT2D eigenvalue weighted by Gasteiger charge is -2.19. The molecule has 0 atom stereocenters. The van der Waals surface area contributed by atoms with Crippen molar-refractivity contribution in [3.05, 3.63) is 83.4 Å². The summed E-state index contributed by atoms with van der Waals surface area (Å²) >= 11 is 1.43. The molecule has 1 aliphatic heterocycles. The number of fused-ring (bicyclic) bond motifs is 1. The lowest BCUT2D eigenvalue weighted by Crippen LogP contribution is -2.26. The molecular formula is C24H20N2O3S. The van der Waals surface area contributed by atoms with Gasteiger partial charge in [0.25, 0.3) is 5.91 Å². The Balaban J connectivity index is 1.41. The van der Waals surface area contributed by atoms with Crippen LogP contribution in [0, 0.1) is 11.3 Å². The van der Waals surface area contributed by atoms with Crippen molar-refractivity contribution in [2.75, 3.05) is 19.8 Å². The maximum Gasteiger partial charge on any atom is 0.252 e. The van der Waals surface area contributed by atoms with Gasteiger partial charge in [-0.3, -0.25) is 4.79 Å². The molecule has 0 saturated carbocycles. The van der Waals surface area contributed by atoms with Crippen molar-refractivity contribution in [1.82, 2.24) is 5.32 Å². The second-order valence-electron chi connectivity index (χ2n) is 6.69. The molecule has 6 heteroatoms. The number of hydrogen-bond acceptors (Lipinski definition) is 5. The highest BCUT2D eigenvalue weighted by molar-refractivity contribution is 7.99. The van der Waals surface area contributed by atoms with Crippen LogP contribution in [-0.4, -0.2) is 25.7 Å². The van der Waals surface area contributed by atoms with Gasteiger partial charge in [-0.25, -0.2) is 0 Å². The molecular weight excluding hydrogens is 396 g/mol. The Kier molecular flexibility index (Phi) is 6.21. The zero-order chi connectivity index (χ0) is 20.8. The Morgan fingerprint density at radius 1 is 0.967 bits per heavy atom. The van der Waals surface area contributed by atoms with Gasteiger partial charge in [0.05, 0.1) is 11.1 Å². The first kappa shape index (κ1) is 19.9. The summed E-state index contributed by atoms with van der Waals surface area (Å²) in [6.45, 7) is 1.63. The van der Waals surface area contributed by atoms with Gasteiger partial charge in [-0.15, -0.1) is 0 Å². The minimum absolute atomic E-state index is 0.134. The van der Waals surface area contributed by atoms with Gasteiger partial charge >= 0.3 is 0 Å². The van der Waals surface area contributed by atoms with Crippen LogP contribution in [0.5, 0.6) is 11.5 Å². The Labute approximate surface area is 179 Å². The number of ether oxygens (including phenoxy) is 2. The molecule has 0 aliphatic carbocycles. The number of nitriles is 1. The van der Waals surface area contributed by atoms with Crippen LogP contribution in [-0.2, 0) is 6.42 Å². The molecule has 0 radical (unpaired) electrons. The third-order valence-electron chi connectivity index (χ3n) is 4.66. The van der Waals surface area contributed by atoms with Crippen LogP contribution in [0.4, 0.5) is 0 Å². The Bertz CT molecular complexity index is 1110. The van der Waals surface area contributed by atoms with E-state index in [2.05, 4.69) is 11.4 Å². The topological polar surface area (TPSA) is 71.4 Å². The van der Waals surface area contributed by atoms with E-state index in [4.69, 9.17) is 9.47 Å². The van der Waals surface area contributed by atoms with E-state index in [0.717, 1.165) is 26.9 Å². The zero-order valence-electron chi connectivity index (χ0n) is 16.3. The first-order valence-electron chi connectivity index (χ1n) is 9.67. The van der Waals surface area contributed by atoms with Gasteiger partial charge in [0.15, 0.2) is 11.5 Å². The monoisotopic (exact) mass is 416 g/mol. The number of amides is 1. The highest BCUT2D eigenvalue weighted by atomic mass is 32.2. The van der Waals surface area contributed by atoms with E-state index >= 15 is 0 Å². The fraction of sp³-hybridized carbons (Fsp3) is 0.167. The normalized spacial score (nSPS) is 12.1. The number of carbonyl (C=O) groups excluding carboxylic acids is 1. The van der Waals surface area contributed by atoms with Gasteiger partial charge in [0, 0.05) is 16.3 Å². The van der Waals surface area contributed by atoms with Crippen molar-refractivity contribution >= 4 is 17.7 Å². The number of benzene rings is 3. The van der Waals surface area contributed by atoms with Crippen molar-refractivity contribution in [2.45, 2.75) is 16.2 Å². The molecule has 5 nitrogen and oxygen atoms in total. The Hall–Kier alpha value is -3.43. The smallest absolute Gasteiger partial charge is 0.252 e. The van der Waals surface area contributed by atoms with Gasteiger partial charge < -0.3 is 14.8 Å². The number of rotatable bonds is 6. The summed E-state index contributed by atoms with van der Waals surface area (Å²) in [6, 6.07) is 22.9. The SMILES string of the molecule is N#Cc1ccccc1Sc1ccccc1C(=O)NCCc1ccc2c(c1)OCCO2. The molecule has 4 rings (SSSR count). The van der Waals surface area contributed by atoms with E-state index in [-0.39, 0.29) is 5.91 Å². The molecule has 3 aromatic carbocycles.